The van der Waals surface area contributed by atoms with Crippen LogP contribution in [0, 0.1) is 0 Å². The minimum atomic E-state index is -0.135. The summed E-state index contributed by atoms with van der Waals surface area (Å²) >= 11 is 1.33. The lowest BCUT2D eigenvalue weighted by molar-refractivity contribution is 0.0117. The van der Waals surface area contributed by atoms with Gasteiger partial charge in [-0.25, -0.2) is 4.98 Å². The molecule has 1 saturated heterocycles. The number of nitrogens with one attached hydrogen (secondary N) is 2. The number of nitrogens with two attached hydrogens (primary N) is 1. The molecule has 1 amide bonds. The Kier molecular flexibility index (Phi) is 4.60. The lowest BCUT2D eigenvalue weighted by atomic mass is 10.1. The van der Waals surface area contributed by atoms with Crippen LogP contribution in [0.1, 0.15) is 48.2 Å². The molecular formula is C14H22N4O2S. The van der Waals surface area contributed by atoms with Crippen LogP contribution in [0.3, 0.4) is 0 Å². The maximum absolute atomic E-state index is 12.1. The molecule has 2 heterocycles. The first-order chi connectivity index (χ1) is 10.2. The number of hydrogen-bond acceptors (Lipinski definition) is 6. The first-order valence-electron chi connectivity index (χ1n) is 7.65. The smallest absolute Gasteiger partial charge is 0.265 e. The molecule has 3 rings (SSSR count). The number of carbonyl (C=O) groups is 1. The van der Waals surface area contributed by atoms with E-state index in [1.165, 1.54) is 30.6 Å². The van der Waals surface area contributed by atoms with Gasteiger partial charge in [-0.2, -0.15) is 0 Å². The zero-order valence-electron chi connectivity index (χ0n) is 12.1. The summed E-state index contributed by atoms with van der Waals surface area (Å²) < 4.78 is 5.65. The van der Waals surface area contributed by atoms with E-state index in [9.17, 15) is 4.79 Å². The molecule has 21 heavy (non-hydrogen) atoms. The molecule has 0 aromatic carbocycles. The van der Waals surface area contributed by atoms with E-state index >= 15 is 0 Å². The van der Waals surface area contributed by atoms with Crippen LogP contribution < -0.4 is 16.4 Å². The molecule has 1 aliphatic carbocycles. The van der Waals surface area contributed by atoms with Crippen molar-refractivity contribution in [1.29, 1.82) is 0 Å². The molecule has 2 aliphatic rings. The summed E-state index contributed by atoms with van der Waals surface area (Å²) in [5.41, 5.74) is 5.83. The van der Waals surface area contributed by atoms with Gasteiger partial charge in [0.25, 0.3) is 5.91 Å². The van der Waals surface area contributed by atoms with Gasteiger partial charge < -0.3 is 21.1 Å². The number of amides is 1. The van der Waals surface area contributed by atoms with E-state index in [2.05, 4.69) is 15.6 Å². The molecule has 1 aromatic rings. The molecule has 1 atom stereocenters. The fraction of sp³-hybridized carbons (Fsp3) is 0.714. The summed E-state index contributed by atoms with van der Waals surface area (Å²) in [5, 5.41) is 6.93. The molecule has 0 bridgehead atoms. The Balaban J connectivity index is 1.46. The number of hydrogen-bond donors (Lipinski definition) is 3. The van der Waals surface area contributed by atoms with Crippen LogP contribution in [0.5, 0.6) is 0 Å². The van der Waals surface area contributed by atoms with Crippen molar-refractivity contribution in [3.63, 3.8) is 0 Å². The van der Waals surface area contributed by atoms with Crippen molar-refractivity contribution < 1.29 is 9.53 Å². The molecule has 1 saturated carbocycles. The Hall–Kier alpha value is -1.34. The highest BCUT2D eigenvalue weighted by Gasteiger charge is 2.24. The average Bonchev–Trinajstić information content (AvgIpc) is 3.21. The van der Waals surface area contributed by atoms with Gasteiger partial charge in [-0.15, -0.1) is 0 Å². The van der Waals surface area contributed by atoms with Gasteiger partial charge in [0.1, 0.15) is 10.7 Å². The van der Waals surface area contributed by atoms with Gasteiger partial charge in [0.2, 0.25) is 0 Å². The number of thiazole rings is 1. The van der Waals surface area contributed by atoms with Crippen LogP contribution in [-0.4, -0.2) is 36.2 Å². The van der Waals surface area contributed by atoms with Crippen LogP contribution in [0.4, 0.5) is 10.9 Å². The van der Waals surface area contributed by atoms with E-state index in [1.54, 1.807) is 0 Å². The number of nitrogens with zero attached hydrogens (tertiary/aromatic N) is 1. The molecule has 0 radical (unpaired) electrons. The Morgan fingerprint density at radius 1 is 1.38 bits per heavy atom. The molecule has 1 aromatic heterocycles. The quantitative estimate of drug-likeness (QED) is 0.747. The molecule has 7 heteroatoms. The van der Waals surface area contributed by atoms with Crippen molar-refractivity contribution in [2.75, 3.05) is 24.2 Å². The van der Waals surface area contributed by atoms with Crippen molar-refractivity contribution >= 4 is 28.2 Å². The van der Waals surface area contributed by atoms with E-state index in [4.69, 9.17) is 10.5 Å². The number of rotatable bonds is 6. The van der Waals surface area contributed by atoms with E-state index in [0.717, 1.165) is 31.0 Å². The van der Waals surface area contributed by atoms with Crippen molar-refractivity contribution in [1.82, 2.24) is 10.3 Å². The summed E-state index contributed by atoms with van der Waals surface area (Å²) in [6.07, 6.45) is 6.94. The van der Waals surface area contributed by atoms with Gasteiger partial charge in [-0.3, -0.25) is 4.79 Å². The molecule has 0 spiro atoms. The monoisotopic (exact) mass is 310 g/mol. The Labute approximate surface area is 128 Å². The Bertz CT molecular complexity index is 495. The molecule has 4 N–H and O–H groups in total. The molecule has 116 valence electrons. The zero-order valence-corrected chi connectivity index (χ0v) is 12.9. The van der Waals surface area contributed by atoms with Crippen molar-refractivity contribution in [2.45, 2.75) is 50.7 Å². The highest BCUT2D eigenvalue weighted by Crippen LogP contribution is 2.30. The highest BCUT2D eigenvalue weighted by atomic mass is 32.1. The number of nitrogen functional groups attached to an aromatic ring is 1. The first kappa shape index (κ1) is 14.6. The number of ether oxygens (including phenoxy) is 1. The van der Waals surface area contributed by atoms with Gasteiger partial charge in [0, 0.05) is 19.2 Å². The third kappa shape index (κ3) is 4.07. The van der Waals surface area contributed by atoms with E-state index in [0.29, 0.717) is 23.3 Å². The molecule has 1 aliphatic heterocycles. The lowest BCUT2D eigenvalue weighted by Gasteiger charge is -2.22. The molecular weight excluding hydrogens is 288 g/mol. The third-order valence-corrected chi connectivity index (χ3v) is 4.79. The third-order valence-electron chi connectivity index (χ3n) is 3.79. The summed E-state index contributed by atoms with van der Waals surface area (Å²) in [6.45, 7) is 1.46. The Morgan fingerprint density at radius 3 is 2.95 bits per heavy atom. The van der Waals surface area contributed by atoms with Crippen LogP contribution in [-0.2, 0) is 4.74 Å². The van der Waals surface area contributed by atoms with Gasteiger partial charge in [-0.05, 0) is 38.5 Å². The van der Waals surface area contributed by atoms with Crippen molar-refractivity contribution in [3.8, 4) is 0 Å². The fourth-order valence-electron chi connectivity index (χ4n) is 2.42. The van der Waals surface area contributed by atoms with Gasteiger partial charge in [0.05, 0.1) is 6.10 Å². The second-order valence-electron chi connectivity index (χ2n) is 5.69. The normalized spacial score (nSPS) is 22.0. The topological polar surface area (TPSA) is 89.3 Å². The van der Waals surface area contributed by atoms with E-state index < -0.39 is 0 Å². The van der Waals surface area contributed by atoms with Gasteiger partial charge >= 0.3 is 0 Å². The van der Waals surface area contributed by atoms with Gasteiger partial charge in [-0.1, -0.05) is 11.3 Å². The Morgan fingerprint density at radius 2 is 2.24 bits per heavy atom. The van der Waals surface area contributed by atoms with E-state index in [-0.39, 0.29) is 12.0 Å². The molecule has 6 nitrogen and oxygen atoms in total. The second kappa shape index (κ2) is 6.62. The zero-order chi connectivity index (χ0) is 14.7. The van der Waals surface area contributed by atoms with Crippen molar-refractivity contribution in [2.24, 2.45) is 0 Å². The standard InChI is InChI=1S/C14H22N4O2S/c15-12-11(21-14(18-12)17-9-4-5-9)13(19)16-7-6-10-3-1-2-8-20-10/h9-10H,1-8,15H2,(H,16,19)(H,17,18). The highest BCUT2D eigenvalue weighted by molar-refractivity contribution is 7.18. The lowest BCUT2D eigenvalue weighted by Crippen LogP contribution is -2.29. The van der Waals surface area contributed by atoms with Crippen LogP contribution in [0.25, 0.3) is 0 Å². The van der Waals surface area contributed by atoms with E-state index in [1.807, 2.05) is 0 Å². The van der Waals surface area contributed by atoms with Crippen molar-refractivity contribution in [3.05, 3.63) is 4.88 Å². The maximum Gasteiger partial charge on any atom is 0.265 e. The predicted molar refractivity (Wildman–Crippen MR) is 83.7 cm³/mol. The maximum atomic E-state index is 12.1. The SMILES string of the molecule is Nc1nc(NC2CC2)sc1C(=O)NCCC1CCCCO1. The number of aromatic nitrogens is 1. The van der Waals surface area contributed by atoms with Crippen LogP contribution >= 0.6 is 11.3 Å². The predicted octanol–water partition coefficient (Wildman–Crippen LogP) is 1.99. The number of anilines is 2. The van der Waals surface area contributed by atoms with Crippen LogP contribution in [0.15, 0.2) is 0 Å². The number of carbonyl (C=O) groups excluding carboxylic acids is 1. The minimum absolute atomic E-state index is 0.135. The average molecular weight is 310 g/mol. The summed E-state index contributed by atoms with van der Waals surface area (Å²) in [4.78, 5) is 16.8. The minimum Gasteiger partial charge on any atom is -0.382 e. The van der Waals surface area contributed by atoms with Crippen LogP contribution in [0.2, 0.25) is 0 Å². The fourth-order valence-corrected chi connectivity index (χ4v) is 3.30. The summed E-state index contributed by atoms with van der Waals surface area (Å²) in [7, 11) is 0. The summed E-state index contributed by atoms with van der Waals surface area (Å²) in [6, 6.07) is 0.509. The van der Waals surface area contributed by atoms with Gasteiger partial charge in [0.15, 0.2) is 5.13 Å². The molecule has 2 fully saturated rings. The first-order valence-corrected chi connectivity index (χ1v) is 8.46. The summed E-state index contributed by atoms with van der Waals surface area (Å²) in [5.74, 6) is 0.180. The second-order valence-corrected chi connectivity index (χ2v) is 6.68. The largest absolute Gasteiger partial charge is 0.382 e. The molecule has 1 unspecified atom stereocenters.